The molecule has 2 rings (SSSR count). The van der Waals surface area contributed by atoms with Crippen LogP contribution in [0.1, 0.15) is 20.7 Å². The smallest absolute Gasteiger partial charge is 0.340 e. The van der Waals surface area contributed by atoms with Crippen LogP contribution in [0.15, 0.2) is 49.1 Å². The Labute approximate surface area is 157 Å². The average Bonchev–Trinajstić information content (AvgIpc) is 2.71. The first-order valence-electron chi connectivity index (χ1n) is 8.03. The molecule has 7 nitrogen and oxygen atoms in total. The molecule has 1 amide bonds. The Hall–Kier alpha value is -3.48. The summed E-state index contributed by atoms with van der Waals surface area (Å²) in [6, 6.07) is 9.61. The van der Waals surface area contributed by atoms with Crippen LogP contribution in [0.25, 0.3) is 0 Å². The third-order valence-electron chi connectivity index (χ3n) is 3.64. The highest BCUT2D eigenvalue weighted by molar-refractivity contribution is 6.08. The van der Waals surface area contributed by atoms with E-state index in [1.165, 1.54) is 33.5 Å². The summed E-state index contributed by atoms with van der Waals surface area (Å²) in [5, 5.41) is 2.70. The number of hydrogen-bond donors (Lipinski definition) is 1. The van der Waals surface area contributed by atoms with E-state index >= 15 is 0 Å². The molecule has 2 aromatic carbocycles. The number of hydrogen-bond acceptors (Lipinski definition) is 6. The lowest BCUT2D eigenvalue weighted by molar-refractivity contribution is 0.0601. The van der Waals surface area contributed by atoms with Crippen LogP contribution in [0.3, 0.4) is 0 Å². The number of methoxy groups -OCH3 is 3. The lowest BCUT2D eigenvalue weighted by Crippen LogP contribution is -2.16. The van der Waals surface area contributed by atoms with E-state index in [1.807, 2.05) is 0 Å². The Morgan fingerprint density at radius 2 is 1.78 bits per heavy atom. The average molecular weight is 371 g/mol. The number of anilines is 1. The van der Waals surface area contributed by atoms with Crippen LogP contribution < -0.4 is 19.5 Å². The Morgan fingerprint density at radius 3 is 2.41 bits per heavy atom. The van der Waals surface area contributed by atoms with Crippen LogP contribution >= 0.6 is 0 Å². The van der Waals surface area contributed by atoms with Crippen LogP contribution in [0.2, 0.25) is 0 Å². The van der Waals surface area contributed by atoms with Gasteiger partial charge in [-0.1, -0.05) is 18.7 Å². The summed E-state index contributed by atoms with van der Waals surface area (Å²) in [4.78, 5) is 24.7. The number of benzene rings is 2. The predicted octanol–water partition coefficient (Wildman–Crippen LogP) is 3.31. The van der Waals surface area contributed by atoms with Crippen molar-refractivity contribution in [3.05, 3.63) is 60.2 Å². The monoisotopic (exact) mass is 371 g/mol. The summed E-state index contributed by atoms with van der Waals surface area (Å²) in [5.74, 6) is 0.202. The zero-order chi connectivity index (χ0) is 19.8. The first kappa shape index (κ1) is 19.8. The first-order chi connectivity index (χ1) is 13.0. The van der Waals surface area contributed by atoms with Gasteiger partial charge in [0, 0.05) is 17.7 Å². The molecular weight excluding hydrogens is 350 g/mol. The van der Waals surface area contributed by atoms with Crippen molar-refractivity contribution in [2.75, 3.05) is 33.3 Å². The van der Waals surface area contributed by atoms with Crippen LogP contribution in [0, 0.1) is 0 Å². The second kappa shape index (κ2) is 9.28. The number of esters is 1. The van der Waals surface area contributed by atoms with Gasteiger partial charge in [0.2, 0.25) is 0 Å². The van der Waals surface area contributed by atoms with Gasteiger partial charge >= 0.3 is 5.97 Å². The van der Waals surface area contributed by atoms with Crippen molar-refractivity contribution in [2.45, 2.75) is 0 Å². The summed E-state index contributed by atoms with van der Waals surface area (Å²) in [6.45, 7) is 3.91. The maximum Gasteiger partial charge on any atom is 0.340 e. The topological polar surface area (TPSA) is 83.1 Å². The van der Waals surface area contributed by atoms with Crippen molar-refractivity contribution < 1.29 is 28.5 Å². The highest BCUT2D eigenvalue weighted by Crippen LogP contribution is 2.34. The molecule has 142 valence electrons. The zero-order valence-corrected chi connectivity index (χ0v) is 15.4. The molecule has 27 heavy (non-hydrogen) atoms. The molecule has 0 atom stereocenters. The number of ether oxygens (including phenoxy) is 4. The van der Waals surface area contributed by atoms with Crippen molar-refractivity contribution >= 4 is 17.6 Å². The van der Waals surface area contributed by atoms with Crippen LogP contribution in [-0.4, -0.2) is 39.8 Å². The van der Waals surface area contributed by atoms with Crippen molar-refractivity contribution in [3.8, 4) is 17.2 Å². The lowest BCUT2D eigenvalue weighted by Gasteiger charge is -2.15. The Kier molecular flexibility index (Phi) is 6.82. The molecular formula is C20H21NO6. The van der Waals surface area contributed by atoms with Gasteiger partial charge in [-0.2, -0.15) is 0 Å². The van der Waals surface area contributed by atoms with Crippen molar-refractivity contribution in [2.24, 2.45) is 0 Å². The molecule has 0 fully saturated rings. The van der Waals surface area contributed by atoms with Gasteiger partial charge in [0.15, 0.2) is 11.5 Å². The molecule has 0 saturated heterocycles. The van der Waals surface area contributed by atoms with Crippen molar-refractivity contribution in [1.82, 2.24) is 0 Å². The van der Waals surface area contributed by atoms with Gasteiger partial charge < -0.3 is 24.3 Å². The number of amides is 1. The molecule has 7 heteroatoms. The van der Waals surface area contributed by atoms with Gasteiger partial charge in [0.05, 0.1) is 32.6 Å². The third kappa shape index (κ3) is 4.78. The summed E-state index contributed by atoms with van der Waals surface area (Å²) in [5.41, 5.74) is 0.742. The minimum absolute atomic E-state index is 0.141. The second-order valence-electron chi connectivity index (χ2n) is 5.33. The Morgan fingerprint density at radius 1 is 1.07 bits per heavy atom. The minimum atomic E-state index is -0.616. The van der Waals surface area contributed by atoms with Gasteiger partial charge in [-0.05, 0) is 18.2 Å². The molecule has 0 unspecified atom stereocenters. The standard InChI is InChI=1S/C20H21NO6/c1-5-9-27-14-8-6-7-13(10-14)19(22)21-16-12-18(25-3)17(24-2)11-15(16)20(23)26-4/h5-8,10-12H,1,9H2,2-4H3,(H,21,22). The highest BCUT2D eigenvalue weighted by Gasteiger charge is 2.19. The predicted molar refractivity (Wildman–Crippen MR) is 101 cm³/mol. The Bertz CT molecular complexity index is 846. The molecule has 0 bridgehead atoms. The van der Waals surface area contributed by atoms with Gasteiger partial charge in [-0.3, -0.25) is 4.79 Å². The minimum Gasteiger partial charge on any atom is -0.493 e. The third-order valence-corrected chi connectivity index (χ3v) is 3.64. The number of carbonyl (C=O) groups is 2. The van der Waals surface area contributed by atoms with E-state index in [0.29, 0.717) is 29.4 Å². The van der Waals surface area contributed by atoms with Gasteiger partial charge in [-0.15, -0.1) is 0 Å². The fraction of sp³-hybridized carbons (Fsp3) is 0.200. The fourth-order valence-corrected chi connectivity index (χ4v) is 2.34. The van der Waals surface area contributed by atoms with Gasteiger partial charge in [-0.25, -0.2) is 4.79 Å². The van der Waals surface area contributed by atoms with Gasteiger partial charge in [0.1, 0.15) is 12.4 Å². The highest BCUT2D eigenvalue weighted by atomic mass is 16.5. The SMILES string of the molecule is C=CCOc1cccc(C(=O)Nc2cc(OC)c(OC)cc2C(=O)OC)c1. The summed E-state index contributed by atoms with van der Waals surface area (Å²) >= 11 is 0. The number of nitrogens with one attached hydrogen (secondary N) is 1. The molecule has 0 aliphatic rings. The fourth-order valence-electron chi connectivity index (χ4n) is 2.34. The molecule has 0 aromatic heterocycles. The zero-order valence-electron chi connectivity index (χ0n) is 15.4. The van der Waals surface area contributed by atoms with E-state index in [1.54, 1.807) is 30.3 Å². The van der Waals surface area contributed by atoms with E-state index in [2.05, 4.69) is 11.9 Å². The number of carbonyl (C=O) groups excluding carboxylic acids is 2. The summed E-state index contributed by atoms with van der Waals surface area (Å²) < 4.78 is 20.7. The van der Waals surface area contributed by atoms with Crippen LogP contribution in [0.4, 0.5) is 5.69 Å². The number of rotatable bonds is 8. The normalized spacial score (nSPS) is 9.89. The molecule has 1 N–H and O–H groups in total. The van der Waals surface area contributed by atoms with E-state index in [9.17, 15) is 9.59 Å². The van der Waals surface area contributed by atoms with Crippen molar-refractivity contribution in [1.29, 1.82) is 0 Å². The molecule has 0 heterocycles. The van der Waals surface area contributed by atoms with Crippen molar-refractivity contribution in [3.63, 3.8) is 0 Å². The lowest BCUT2D eigenvalue weighted by atomic mass is 10.1. The molecule has 0 radical (unpaired) electrons. The van der Waals surface area contributed by atoms with E-state index in [0.717, 1.165) is 0 Å². The molecule has 0 spiro atoms. The van der Waals surface area contributed by atoms with Gasteiger partial charge in [0.25, 0.3) is 5.91 Å². The quantitative estimate of drug-likeness (QED) is 0.566. The van der Waals surface area contributed by atoms with E-state index in [4.69, 9.17) is 18.9 Å². The molecule has 0 aliphatic carbocycles. The summed E-state index contributed by atoms with van der Waals surface area (Å²) in [6.07, 6.45) is 1.61. The second-order valence-corrected chi connectivity index (χ2v) is 5.33. The summed E-state index contributed by atoms with van der Waals surface area (Å²) in [7, 11) is 4.17. The van der Waals surface area contributed by atoms with Crippen LogP contribution in [-0.2, 0) is 4.74 Å². The molecule has 0 saturated carbocycles. The first-order valence-corrected chi connectivity index (χ1v) is 8.03. The molecule has 2 aromatic rings. The van der Waals surface area contributed by atoms with E-state index in [-0.39, 0.29) is 11.3 Å². The molecule has 0 aliphatic heterocycles. The maximum absolute atomic E-state index is 12.6. The van der Waals surface area contributed by atoms with E-state index < -0.39 is 11.9 Å². The Balaban J connectivity index is 2.36. The van der Waals surface area contributed by atoms with Crippen LogP contribution in [0.5, 0.6) is 17.2 Å². The largest absolute Gasteiger partial charge is 0.493 e. The maximum atomic E-state index is 12.6.